The van der Waals surface area contributed by atoms with Gasteiger partial charge in [-0.25, -0.2) is 4.98 Å². The van der Waals surface area contributed by atoms with E-state index in [1.165, 1.54) is 0 Å². The molecule has 0 aliphatic rings. The van der Waals surface area contributed by atoms with E-state index in [2.05, 4.69) is 29.5 Å². The Kier molecular flexibility index (Phi) is 6.61. The molecule has 0 saturated heterocycles. The third-order valence-corrected chi connectivity index (χ3v) is 3.06. The lowest BCUT2D eigenvalue weighted by Crippen LogP contribution is -2.26. The highest BCUT2D eigenvalue weighted by Gasteiger charge is 2.13. The van der Waals surface area contributed by atoms with E-state index in [0.29, 0.717) is 0 Å². The van der Waals surface area contributed by atoms with Gasteiger partial charge in [-0.3, -0.25) is 0 Å². The first-order valence-electron chi connectivity index (χ1n) is 6.01. The molecule has 1 aromatic heterocycles. The number of nitrogens with zero attached hydrogens (tertiary/aromatic N) is 1. The van der Waals surface area contributed by atoms with E-state index in [1.54, 1.807) is 11.3 Å². The molecule has 0 radical (unpaired) electrons. The largest absolute Gasteiger partial charge is 0.379 e. The van der Waals surface area contributed by atoms with Gasteiger partial charge >= 0.3 is 0 Å². The van der Waals surface area contributed by atoms with Gasteiger partial charge in [-0.05, 0) is 26.3 Å². The average Bonchev–Trinajstić information content (AvgIpc) is 2.70. The Morgan fingerprint density at radius 1 is 1.44 bits per heavy atom. The van der Waals surface area contributed by atoms with Crippen molar-refractivity contribution in [1.29, 1.82) is 0 Å². The van der Waals surface area contributed by atoms with E-state index >= 15 is 0 Å². The zero-order valence-electron chi connectivity index (χ0n) is 10.5. The summed E-state index contributed by atoms with van der Waals surface area (Å²) in [4.78, 5) is 4.52. The molecule has 3 nitrogen and oxygen atoms in total. The molecule has 0 saturated carbocycles. The maximum atomic E-state index is 5.61. The van der Waals surface area contributed by atoms with Crippen LogP contribution in [0, 0.1) is 6.92 Å². The highest BCUT2D eigenvalue weighted by Crippen LogP contribution is 2.16. The van der Waals surface area contributed by atoms with Gasteiger partial charge in [0.15, 0.2) is 0 Å². The second-order valence-electron chi connectivity index (χ2n) is 3.87. The second kappa shape index (κ2) is 7.76. The Balaban J connectivity index is 2.49. The first-order chi connectivity index (χ1) is 7.77. The van der Waals surface area contributed by atoms with Gasteiger partial charge in [0.2, 0.25) is 0 Å². The molecule has 1 unspecified atom stereocenters. The second-order valence-corrected chi connectivity index (χ2v) is 4.94. The first kappa shape index (κ1) is 13.6. The molecule has 92 valence electrons. The van der Waals surface area contributed by atoms with Gasteiger partial charge in [-0.2, -0.15) is 0 Å². The Labute approximate surface area is 102 Å². The van der Waals surface area contributed by atoms with Gasteiger partial charge in [0.05, 0.1) is 23.4 Å². The zero-order chi connectivity index (χ0) is 11.8. The van der Waals surface area contributed by atoms with Crippen molar-refractivity contribution in [2.45, 2.75) is 39.7 Å². The molecule has 1 N–H and O–H groups in total. The van der Waals surface area contributed by atoms with Crippen molar-refractivity contribution in [3.05, 3.63) is 16.1 Å². The van der Waals surface area contributed by atoms with Crippen LogP contribution >= 0.6 is 11.3 Å². The quantitative estimate of drug-likeness (QED) is 0.712. The van der Waals surface area contributed by atoms with Crippen molar-refractivity contribution in [3.8, 4) is 0 Å². The van der Waals surface area contributed by atoms with Gasteiger partial charge in [-0.15, -0.1) is 11.3 Å². The molecular weight excluding hydrogens is 220 g/mol. The molecule has 4 heteroatoms. The molecular formula is C12H22N2OS. The van der Waals surface area contributed by atoms with E-state index in [4.69, 9.17) is 4.74 Å². The molecule has 0 bridgehead atoms. The predicted molar refractivity (Wildman–Crippen MR) is 69.0 cm³/mol. The van der Waals surface area contributed by atoms with Crippen LogP contribution in [0.2, 0.25) is 0 Å². The topological polar surface area (TPSA) is 34.1 Å². The minimum atomic E-state index is 0.247. The summed E-state index contributed by atoms with van der Waals surface area (Å²) in [5.41, 5.74) is 1.12. The Hall–Kier alpha value is -0.450. The van der Waals surface area contributed by atoms with Crippen molar-refractivity contribution < 1.29 is 4.74 Å². The van der Waals surface area contributed by atoms with Crippen LogP contribution in [-0.2, 0) is 4.74 Å². The fraction of sp³-hybridized carbons (Fsp3) is 0.750. The molecule has 1 heterocycles. The summed E-state index contributed by atoms with van der Waals surface area (Å²) in [6.45, 7) is 8.89. The maximum Gasteiger partial charge on any atom is 0.0898 e. The van der Waals surface area contributed by atoms with E-state index in [1.807, 2.05) is 6.92 Å². The minimum Gasteiger partial charge on any atom is -0.379 e. The third-order valence-electron chi connectivity index (χ3n) is 2.27. The fourth-order valence-corrected chi connectivity index (χ4v) is 2.12. The summed E-state index contributed by atoms with van der Waals surface area (Å²) in [5, 5.41) is 6.72. The summed E-state index contributed by atoms with van der Waals surface area (Å²) in [7, 11) is 0. The van der Waals surface area contributed by atoms with Crippen molar-refractivity contribution in [3.63, 3.8) is 0 Å². The molecule has 0 amide bonds. The lowest BCUT2D eigenvalue weighted by molar-refractivity contribution is 0.111. The molecule has 1 aromatic rings. The Morgan fingerprint density at radius 2 is 2.25 bits per heavy atom. The summed E-state index contributed by atoms with van der Waals surface area (Å²) in [5.74, 6) is 0. The van der Waals surface area contributed by atoms with E-state index in [-0.39, 0.29) is 6.04 Å². The number of aromatic nitrogens is 1. The molecule has 0 spiro atoms. The molecule has 1 atom stereocenters. The summed E-state index contributed by atoms with van der Waals surface area (Å²) >= 11 is 1.70. The number of thiazole rings is 1. The van der Waals surface area contributed by atoms with Crippen LogP contribution in [-0.4, -0.2) is 24.7 Å². The molecule has 0 fully saturated rings. The summed E-state index contributed by atoms with van der Waals surface area (Å²) in [6, 6.07) is 0.247. The van der Waals surface area contributed by atoms with Crippen molar-refractivity contribution >= 4 is 11.3 Å². The van der Waals surface area contributed by atoms with E-state index in [9.17, 15) is 0 Å². The van der Waals surface area contributed by atoms with Crippen molar-refractivity contribution in [2.75, 3.05) is 19.8 Å². The summed E-state index contributed by atoms with van der Waals surface area (Å²) < 4.78 is 5.61. The molecule has 0 aromatic carbocycles. The summed E-state index contributed by atoms with van der Waals surface area (Å²) in [6.07, 6.45) is 2.20. The predicted octanol–water partition coefficient (Wildman–Crippen LogP) is 2.92. The van der Waals surface area contributed by atoms with Gasteiger partial charge in [0.1, 0.15) is 0 Å². The third kappa shape index (κ3) is 4.60. The van der Waals surface area contributed by atoms with Crippen LogP contribution in [0.4, 0.5) is 0 Å². The fourth-order valence-electron chi connectivity index (χ4n) is 1.45. The maximum absolute atomic E-state index is 5.61. The standard InChI is InChI=1S/C12H22N2OS/c1-4-6-13-11(8-15-7-5-2)12-9-16-10(3)14-12/h9,11,13H,4-8H2,1-3H3. The monoisotopic (exact) mass is 242 g/mol. The van der Waals surface area contributed by atoms with E-state index < -0.39 is 0 Å². The average molecular weight is 242 g/mol. The highest BCUT2D eigenvalue weighted by molar-refractivity contribution is 7.09. The number of aryl methyl sites for hydroxylation is 1. The lowest BCUT2D eigenvalue weighted by Gasteiger charge is -2.16. The number of nitrogens with one attached hydrogen (secondary N) is 1. The molecule has 0 aliphatic carbocycles. The SMILES string of the molecule is CCCNC(COCCC)c1csc(C)n1. The minimum absolute atomic E-state index is 0.247. The molecule has 1 rings (SSSR count). The van der Waals surface area contributed by atoms with Crippen LogP contribution in [0.1, 0.15) is 43.4 Å². The van der Waals surface area contributed by atoms with Crippen LogP contribution in [0.15, 0.2) is 5.38 Å². The number of hydrogen-bond donors (Lipinski definition) is 1. The Bertz CT molecular complexity index is 288. The van der Waals surface area contributed by atoms with Crippen LogP contribution in [0.25, 0.3) is 0 Å². The number of ether oxygens (including phenoxy) is 1. The number of rotatable bonds is 8. The molecule has 0 aliphatic heterocycles. The molecule has 16 heavy (non-hydrogen) atoms. The van der Waals surface area contributed by atoms with E-state index in [0.717, 1.165) is 43.3 Å². The van der Waals surface area contributed by atoms with Gasteiger partial charge in [0, 0.05) is 12.0 Å². The van der Waals surface area contributed by atoms with Gasteiger partial charge in [-0.1, -0.05) is 13.8 Å². The van der Waals surface area contributed by atoms with Gasteiger partial charge < -0.3 is 10.1 Å². The van der Waals surface area contributed by atoms with Crippen LogP contribution < -0.4 is 5.32 Å². The van der Waals surface area contributed by atoms with Gasteiger partial charge in [0.25, 0.3) is 0 Å². The lowest BCUT2D eigenvalue weighted by atomic mass is 10.2. The van der Waals surface area contributed by atoms with Crippen molar-refractivity contribution in [1.82, 2.24) is 10.3 Å². The normalized spacial score (nSPS) is 12.9. The van der Waals surface area contributed by atoms with Crippen molar-refractivity contribution in [2.24, 2.45) is 0 Å². The van der Waals surface area contributed by atoms with Crippen LogP contribution in [0.3, 0.4) is 0 Å². The Morgan fingerprint density at radius 3 is 2.81 bits per heavy atom. The number of hydrogen-bond acceptors (Lipinski definition) is 4. The smallest absolute Gasteiger partial charge is 0.0898 e. The highest BCUT2D eigenvalue weighted by atomic mass is 32.1. The van der Waals surface area contributed by atoms with Crippen LogP contribution in [0.5, 0.6) is 0 Å². The zero-order valence-corrected chi connectivity index (χ0v) is 11.3. The first-order valence-corrected chi connectivity index (χ1v) is 6.89.